The van der Waals surface area contributed by atoms with Crippen LogP contribution in [0, 0.1) is 6.92 Å². The number of benzene rings is 1. The Morgan fingerprint density at radius 1 is 1.35 bits per heavy atom. The van der Waals surface area contributed by atoms with Crippen molar-refractivity contribution < 1.29 is 14.3 Å². The molecule has 20 heavy (non-hydrogen) atoms. The number of rotatable bonds is 6. The first-order valence-corrected chi connectivity index (χ1v) is 6.43. The summed E-state index contributed by atoms with van der Waals surface area (Å²) < 4.78 is 5.43. The van der Waals surface area contributed by atoms with Gasteiger partial charge in [0.05, 0.1) is 0 Å². The molecule has 0 aliphatic carbocycles. The van der Waals surface area contributed by atoms with E-state index >= 15 is 0 Å². The van der Waals surface area contributed by atoms with Crippen LogP contribution < -0.4 is 21.1 Å². The SMILES string of the molecule is Cc1ccc(OCC(=O)NC(N)=O)c(CNC(C)C)c1. The minimum absolute atomic E-state index is 0.249. The van der Waals surface area contributed by atoms with E-state index in [0.717, 1.165) is 11.1 Å². The number of aryl methyl sites for hydroxylation is 1. The zero-order valence-electron chi connectivity index (χ0n) is 12.0. The summed E-state index contributed by atoms with van der Waals surface area (Å²) in [4.78, 5) is 21.9. The van der Waals surface area contributed by atoms with Gasteiger partial charge in [0.25, 0.3) is 5.91 Å². The largest absolute Gasteiger partial charge is 0.483 e. The summed E-state index contributed by atoms with van der Waals surface area (Å²) in [6.07, 6.45) is 0. The highest BCUT2D eigenvalue weighted by atomic mass is 16.5. The quantitative estimate of drug-likeness (QED) is 0.726. The van der Waals surface area contributed by atoms with E-state index in [0.29, 0.717) is 18.3 Å². The Morgan fingerprint density at radius 2 is 2.05 bits per heavy atom. The number of urea groups is 1. The molecule has 6 nitrogen and oxygen atoms in total. The molecule has 3 amide bonds. The zero-order valence-corrected chi connectivity index (χ0v) is 12.0. The third-order valence-corrected chi connectivity index (χ3v) is 2.54. The standard InChI is InChI=1S/C14H21N3O3/c1-9(2)16-7-11-6-10(3)4-5-12(11)20-8-13(18)17-14(15)19/h4-6,9,16H,7-8H2,1-3H3,(H3,15,17,18,19). The second-order valence-electron chi connectivity index (χ2n) is 4.85. The Balaban J connectivity index is 2.68. The number of hydrogen-bond donors (Lipinski definition) is 3. The average molecular weight is 279 g/mol. The fourth-order valence-corrected chi connectivity index (χ4v) is 1.62. The van der Waals surface area contributed by atoms with E-state index in [1.165, 1.54) is 0 Å². The number of amides is 3. The van der Waals surface area contributed by atoms with Crippen LogP contribution in [0.1, 0.15) is 25.0 Å². The lowest BCUT2D eigenvalue weighted by Crippen LogP contribution is -2.38. The summed E-state index contributed by atoms with van der Waals surface area (Å²) in [7, 11) is 0. The summed E-state index contributed by atoms with van der Waals surface area (Å²) in [5, 5.41) is 5.25. The van der Waals surface area contributed by atoms with Gasteiger partial charge in [-0.15, -0.1) is 0 Å². The fourth-order valence-electron chi connectivity index (χ4n) is 1.62. The number of carbonyl (C=O) groups is 2. The van der Waals surface area contributed by atoms with Gasteiger partial charge < -0.3 is 15.8 Å². The van der Waals surface area contributed by atoms with Crippen LogP contribution in [0.25, 0.3) is 0 Å². The van der Waals surface area contributed by atoms with E-state index in [1.54, 1.807) is 0 Å². The zero-order chi connectivity index (χ0) is 15.1. The molecule has 0 aromatic heterocycles. The average Bonchev–Trinajstić information content (AvgIpc) is 2.34. The van der Waals surface area contributed by atoms with Gasteiger partial charge in [0.2, 0.25) is 0 Å². The number of ether oxygens (including phenoxy) is 1. The Morgan fingerprint density at radius 3 is 2.65 bits per heavy atom. The summed E-state index contributed by atoms with van der Waals surface area (Å²) in [5.74, 6) is 0.0456. The topological polar surface area (TPSA) is 93.4 Å². The van der Waals surface area contributed by atoms with Crippen molar-refractivity contribution in [1.82, 2.24) is 10.6 Å². The van der Waals surface area contributed by atoms with Crippen LogP contribution in [-0.2, 0) is 11.3 Å². The first-order valence-electron chi connectivity index (χ1n) is 6.43. The molecule has 0 fully saturated rings. The van der Waals surface area contributed by atoms with Gasteiger partial charge in [-0.05, 0) is 13.0 Å². The normalized spacial score (nSPS) is 10.4. The molecule has 0 bridgehead atoms. The number of hydrogen-bond acceptors (Lipinski definition) is 4. The van der Waals surface area contributed by atoms with E-state index < -0.39 is 11.9 Å². The summed E-state index contributed by atoms with van der Waals surface area (Å²) in [6.45, 7) is 6.49. The first kappa shape index (κ1) is 16.0. The molecule has 0 heterocycles. The van der Waals surface area contributed by atoms with Crippen molar-refractivity contribution in [2.45, 2.75) is 33.4 Å². The maximum absolute atomic E-state index is 11.3. The number of primary amides is 1. The molecule has 1 aromatic rings. The van der Waals surface area contributed by atoms with Gasteiger partial charge in [0.15, 0.2) is 6.61 Å². The first-order chi connectivity index (χ1) is 9.38. The van der Waals surface area contributed by atoms with Gasteiger partial charge in [-0.1, -0.05) is 31.5 Å². The monoisotopic (exact) mass is 279 g/mol. The van der Waals surface area contributed by atoms with E-state index in [1.807, 2.05) is 30.4 Å². The van der Waals surface area contributed by atoms with Gasteiger partial charge in [-0.25, -0.2) is 4.79 Å². The highest BCUT2D eigenvalue weighted by Crippen LogP contribution is 2.20. The number of carbonyl (C=O) groups excluding carboxylic acids is 2. The molecule has 1 aromatic carbocycles. The lowest BCUT2D eigenvalue weighted by Gasteiger charge is -2.14. The van der Waals surface area contributed by atoms with E-state index in [9.17, 15) is 9.59 Å². The number of imide groups is 1. The maximum Gasteiger partial charge on any atom is 0.318 e. The molecular formula is C14H21N3O3. The minimum atomic E-state index is -0.885. The van der Waals surface area contributed by atoms with Crippen molar-refractivity contribution in [3.05, 3.63) is 29.3 Å². The van der Waals surface area contributed by atoms with Crippen molar-refractivity contribution in [2.24, 2.45) is 5.73 Å². The lowest BCUT2D eigenvalue weighted by atomic mass is 10.1. The smallest absolute Gasteiger partial charge is 0.318 e. The van der Waals surface area contributed by atoms with Gasteiger partial charge in [0, 0.05) is 18.2 Å². The molecule has 4 N–H and O–H groups in total. The summed E-state index contributed by atoms with van der Waals surface area (Å²) in [6, 6.07) is 5.17. The summed E-state index contributed by atoms with van der Waals surface area (Å²) >= 11 is 0. The van der Waals surface area contributed by atoms with E-state index in [4.69, 9.17) is 10.5 Å². The second kappa shape index (κ2) is 7.49. The molecule has 0 radical (unpaired) electrons. The van der Waals surface area contributed by atoms with Crippen LogP contribution in [0.15, 0.2) is 18.2 Å². The maximum atomic E-state index is 11.3. The lowest BCUT2D eigenvalue weighted by molar-refractivity contribution is -0.121. The van der Waals surface area contributed by atoms with Gasteiger partial charge in [-0.3, -0.25) is 10.1 Å². The Kier molecular flexibility index (Phi) is 5.99. The molecule has 6 heteroatoms. The number of nitrogens with one attached hydrogen (secondary N) is 2. The third kappa shape index (κ3) is 5.71. The molecule has 0 aliphatic rings. The Hall–Kier alpha value is -2.08. The Labute approximate surface area is 118 Å². The van der Waals surface area contributed by atoms with Gasteiger partial charge in [-0.2, -0.15) is 0 Å². The Bertz CT molecular complexity index is 487. The highest BCUT2D eigenvalue weighted by molar-refractivity contribution is 5.94. The molecule has 0 spiro atoms. The van der Waals surface area contributed by atoms with Crippen molar-refractivity contribution in [3.63, 3.8) is 0 Å². The predicted molar refractivity (Wildman–Crippen MR) is 76.4 cm³/mol. The van der Waals surface area contributed by atoms with Gasteiger partial charge >= 0.3 is 6.03 Å². The van der Waals surface area contributed by atoms with Crippen LogP contribution in [-0.4, -0.2) is 24.6 Å². The molecule has 0 aliphatic heterocycles. The van der Waals surface area contributed by atoms with E-state index in [2.05, 4.69) is 19.2 Å². The molecule has 0 unspecified atom stereocenters. The minimum Gasteiger partial charge on any atom is -0.483 e. The molecule has 0 atom stereocenters. The van der Waals surface area contributed by atoms with Crippen LogP contribution in [0.3, 0.4) is 0 Å². The molecule has 0 saturated carbocycles. The second-order valence-corrected chi connectivity index (χ2v) is 4.85. The molecule has 1 rings (SSSR count). The van der Waals surface area contributed by atoms with Gasteiger partial charge in [0.1, 0.15) is 5.75 Å². The molecule has 0 saturated heterocycles. The van der Waals surface area contributed by atoms with Crippen molar-refractivity contribution >= 4 is 11.9 Å². The predicted octanol–water partition coefficient (Wildman–Crippen LogP) is 1.07. The van der Waals surface area contributed by atoms with Crippen LogP contribution in [0.5, 0.6) is 5.75 Å². The van der Waals surface area contributed by atoms with Crippen LogP contribution in [0.2, 0.25) is 0 Å². The van der Waals surface area contributed by atoms with E-state index in [-0.39, 0.29) is 6.61 Å². The van der Waals surface area contributed by atoms with Crippen molar-refractivity contribution in [1.29, 1.82) is 0 Å². The van der Waals surface area contributed by atoms with Crippen molar-refractivity contribution in [2.75, 3.05) is 6.61 Å². The third-order valence-electron chi connectivity index (χ3n) is 2.54. The van der Waals surface area contributed by atoms with Crippen LogP contribution in [0.4, 0.5) is 4.79 Å². The van der Waals surface area contributed by atoms with Crippen LogP contribution >= 0.6 is 0 Å². The molecular weight excluding hydrogens is 258 g/mol. The molecule has 110 valence electrons. The fraction of sp³-hybridized carbons (Fsp3) is 0.429. The van der Waals surface area contributed by atoms with Crippen molar-refractivity contribution in [3.8, 4) is 5.75 Å². The summed E-state index contributed by atoms with van der Waals surface area (Å²) in [5.41, 5.74) is 6.93. The highest BCUT2D eigenvalue weighted by Gasteiger charge is 2.09. The number of nitrogens with two attached hydrogens (primary N) is 1.